The SMILES string of the molecule is O=C1/C(=C\c2ccc(-c3ccc(Cl)c([N+](=O)[O-])c3)o2)SC(=S)N1c1ccccc1. The molecule has 1 saturated heterocycles. The predicted molar refractivity (Wildman–Crippen MR) is 118 cm³/mol. The normalized spacial score (nSPS) is 15.3. The van der Waals surface area contributed by atoms with Crippen LogP contribution in [-0.2, 0) is 4.79 Å². The summed E-state index contributed by atoms with van der Waals surface area (Å²) >= 11 is 12.4. The number of para-hydroxylation sites is 1. The van der Waals surface area contributed by atoms with Crippen LogP contribution in [-0.4, -0.2) is 15.2 Å². The van der Waals surface area contributed by atoms with Gasteiger partial charge in [-0.15, -0.1) is 0 Å². The summed E-state index contributed by atoms with van der Waals surface area (Å²) in [7, 11) is 0. The average Bonchev–Trinajstić information content (AvgIpc) is 3.27. The summed E-state index contributed by atoms with van der Waals surface area (Å²) in [6, 6.07) is 16.9. The molecule has 0 atom stereocenters. The Labute approximate surface area is 179 Å². The second kappa shape index (κ2) is 7.82. The lowest BCUT2D eigenvalue weighted by Gasteiger charge is -2.13. The van der Waals surface area contributed by atoms with Crippen LogP contribution in [0.2, 0.25) is 5.02 Å². The number of benzene rings is 2. The van der Waals surface area contributed by atoms with Crippen LogP contribution in [0.1, 0.15) is 5.76 Å². The molecule has 1 aliphatic rings. The van der Waals surface area contributed by atoms with E-state index in [0.717, 1.165) is 0 Å². The first-order valence-corrected chi connectivity index (χ1v) is 9.91. The molecule has 6 nitrogen and oxygen atoms in total. The third-order valence-electron chi connectivity index (χ3n) is 4.14. The molecule has 1 fully saturated rings. The van der Waals surface area contributed by atoms with Gasteiger partial charge in [0.15, 0.2) is 4.32 Å². The summed E-state index contributed by atoms with van der Waals surface area (Å²) in [6.07, 6.45) is 1.61. The molecule has 0 N–H and O–H groups in total. The molecule has 29 heavy (non-hydrogen) atoms. The van der Waals surface area contributed by atoms with E-state index in [4.69, 9.17) is 28.2 Å². The molecule has 0 unspecified atom stereocenters. The van der Waals surface area contributed by atoms with Gasteiger partial charge in [-0.3, -0.25) is 19.8 Å². The van der Waals surface area contributed by atoms with Crippen molar-refractivity contribution in [3.63, 3.8) is 0 Å². The molecule has 0 spiro atoms. The Morgan fingerprint density at radius 2 is 1.90 bits per heavy atom. The number of carbonyl (C=O) groups excluding carboxylic acids is 1. The average molecular weight is 443 g/mol. The maximum atomic E-state index is 12.8. The largest absolute Gasteiger partial charge is 0.457 e. The molecule has 2 aromatic carbocycles. The van der Waals surface area contributed by atoms with Crippen molar-refractivity contribution in [1.29, 1.82) is 0 Å². The monoisotopic (exact) mass is 442 g/mol. The van der Waals surface area contributed by atoms with Crippen molar-refractivity contribution in [2.75, 3.05) is 4.90 Å². The number of nitrogens with zero attached hydrogens (tertiary/aromatic N) is 2. The predicted octanol–water partition coefficient (Wildman–Crippen LogP) is 5.91. The van der Waals surface area contributed by atoms with Gasteiger partial charge in [-0.05, 0) is 36.4 Å². The lowest BCUT2D eigenvalue weighted by molar-refractivity contribution is -0.384. The molecule has 2 heterocycles. The first kappa shape index (κ1) is 19.4. The Morgan fingerprint density at radius 1 is 1.14 bits per heavy atom. The zero-order valence-corrected chi connectivity index (χ0v) is 17.0. The minimum atomic E-state index is -0.551. The van der Waals surface area contributed by atoms with Gasteiger partial charge in [-0.25, -0.2) is 0 Å². The molecule has 9 heteroatoms. The number of halogens is 1. The summed E-state index contributed by atoms with van der Waals surface area (Å²) in [5.74, 6) is 0.631. The summed E-state index contributed by atoms with van der Waals surface area (Å²) in [5.41, 5.74) is 1.01. The number of furan rings is 1. The van der Waals surface area contributed by atoms with Crippen LogP contribution < -0.4 is 4.90 Å². The smallest absolute Gasteiger partial charge is 0.288 e. The van der Waals surface area contributed by atoms with E-state index in [9.17, 15) is 14.9 Å². The van der Waals surface area contributed by atoms with Gasteiger partial charge in [0.2, 0.25) is 0 Å². The summed E-state index contributed by atoms with van der Waals surface area (Å²) in [6.45, 7) is 0. The Bertz CT molecular complexity index is 1170. The van der Waals surface area contributed by atoms with Gasteiger partial charge in [0.05, 0.1) is 15.5 Å². The number of carbonyl (C=O) groups is 1. The lowest BCUT2D eigenvalue weighted by atomic mass is 10.1. The molecule has 1 amide bonds. The van der Waals surface area contributed by atoms with E-state index in [1.807, 2.05) is 30.3 Å². The van der Waals surface area contributed by atoms with E-state index in [2.05, 4.69) is 0 Å². The Morgan fingerprint density at radius 3 is 2.62 bits per heavy atom. The number of anilines is 1. The fourth-order valence-electron chi connectivity index (χ4n) is 2.79. The number of thioether (sulfide) groups is 1. The quantitative estimate of drug-likeness (QED) is 0.216. The fraction of sp³-hybridized carbons (Fsp3) is 0. The minimum absolute atomic E-state index is 0.0510. The number of amides is 1. The number of rotatable bonds is 4. The lowest BCUT2D eigenvalue weighted by Crippen LogP contribution is -2.27. The summed E-state index contributed by atoms with van der Waals surface area (Å²) in [4.78, 5) is 25.2. The number of hydrogen-bond acceptors (Lipinski definition) is 6. The third-order valence-corrected chi connectivity index (χ3v) is 5.76. The number of nitro benzene ring substituents is 1. The summed E-state index contributed by atoms with van der Waals surface area (Å²) < 4.78 is 6.20. The highest BCUT2D eigenvalue weighted by Crippen LogP contribution is 2.37. The maximum Gasteiger partial charge on any atom is 0.288 e. The van der Waals surface area contributed by atoms with Gasteiger partial charge in [0.25, 0.3) is 11.6 Å². The number of thiocarbonyl (C=S) groups is 1. The highest BCUT2D eigenvalue weighted by Gasteiger charge is 2.33. The van der Waals surface area contributed by atoms with E-state index in [1.54, 1.807) is 24.3 Å². The Kier molecular flexibility index (Phi) is 5.23. The first-order chi connectivity index (χ1) is 13.9. The molecule has 3 aromatic rings. The van der Waals surface area contributed by atoms with E-state index in [-0.39, 0.29) is 16.6 Å². The molecule has 1 aliphatic heterocycles. The highest BCUT2D eigenvalue weighted by atomic mass is 35.5. The van der Waals surface area contributed by atoms with Crippen LogP contribution in [0.3, 0.4) is 0 Å². The van der Waals surface area contributed by atoms with Crippen molar-refractivity contribution >= 4 is 63.3 Å². The fourth-order valence-corrected chi connectivity index (χ4v) is 4.25. The second-order valence-electron chi connectivity index (χ2n) is 5.98. The number of nitro groups is 1. The van der Waals surface area contributed by atoms with Crippen LogP contribution >= 0.6 is 35.6 Å². The van der Waals surface area contributed by atoms with Crippen molar-refractivity contribution < 1.29 is 14.1 Å². The number of hydrogen-bond donors (Lipinski definition) is 0. The van der Waals surface area contributed by atoms with Gasteiger partial charge in [0, 0.05) is 17.7 Å². The van der Waals surface area contributed by atoms with Crippen LogP contribution in [0, 0.1) is 10.1 Å². The molecule has 0 bridgehead atoms. The zero-order valence-electron chi connectivity index (χ0n) is 14.6. The van der Waals surface area contributed by atoms with E-state index in [0.29, 0.717) is 32.0 Å². The van der Waals surface area contributed by atoms with Gasteiger partial charge >= 0.3 is 0 Å². The van der Waals surface area contributed by atoms with Crippen molar-refractivity contribution in [2.45, 2.75) is 0 Å². The van der Waals surface area contributed by atoms with Crippen molar-refractivity contribution in [2.24, 2.45) is 0 Å². The standard InChI is InChI=1S/C20H11ClN2O4S2/c21-15-8-6-12(10-16(15)23(25)26)17-9-7-14(27-17)11-18-19(24)22(20(28)29-18)13-4-2-1-3-5-13/h1-11H/b18-11+. The minimum Gasteiger partial charge on any atom is -0.457 e. The van der Waals surface area contributed by atoms with Crippen LogP contribution in [0.15, 0.2) is 70.0 Å². The molecule has 144 valence electrons. The van der Waals surface area contributed by atoms with Gasteiger partial charge in [-0.1, -0.05) is 53.8 Å². The topological polar surface area (TPSA) is 76.6 Å². The Balaban J connectivity index is 1.62. The molecule has 1 aromatic heterocycles. The van der Waals surface area contributed by atoms with Crippen molar-refractivity contribution in [1.82, 2.24) is 0 Å². The van der Waals surface area contributed by atoms with Gasteiger partial charge in [-0.2, -0.15) is 0 Å². The summed E-state index contributed by atoms with van der Waals surface area (Å²) in [5, 5.41) is 11.1. The third kappa shape index (κ3) is 3.82. The van der Waals surface area contributed by atoms with Crippen LogP contribution in [0.4, 0.5) is 11.4 Å². The van der Waals surface area contributed by atoms with Crippen molar-refractivity contribution in [3.05, 3.63) is 86.5 Å². The van der Waals surface area contributed by atoms with Crippen LogP contribution in [0.25, 0.3) is 17.4 Å². The maximum absolute atomic E-state index is 12.8. The van der Waals surface area contributed by atoms with Gasteiger partial charge < -0.3 is 4.42 Å². The van der Waals surface area contributed by atoms with E-state index in [1.165, 1.54) is 28.8 Å². The first-order valence-electron chi connectivity index (χ1n) is 8.31. The van der Waals surface area contributed by atoms with E-state index >= 15 is 0 Å². The van der Waals surface area contributed by atoms with Crippen molar-refractivity contribution in [3.8, 4) is 11.3 Å². The van der Waals surface area contributed by atoms with Gasteiger partial charge in [0.1, 0.15) is 16.5 Å². The molecule has 0 saturated carbocycles. The molecular formula is C20H11ClN2O4S2. The molecule has 0 aliphatic carbocycles. The molecule has 0 radical (unpaired) electrons. The van der Waals surface area contributed by atoms with Crippen LogP contribution in [0.5, 0.6) is 0 Å². The zero-order chi connectivity index (χ0) is 20.5. The molecule has 4 rings (SSSR count). The second-order valence-corrected chi connectivity index (χ2v) is 8.06. The Hall–Kier alpha value is -2.94. The molecular weight excluding hydrogens is 432 g/mol. The van der Waals surface area contributed by atoms with E-state index < -0.39 is 4.92 Å². The highest BCUT2D eigenvalue weighted by molar-refractivity contribution is 8.27.